The first-order valence-electron chi connectivity index (χ1n) is 8.69. The maximum Gasteiger partial charge on any atom is 0.0499 e. The molecule has 0 amide bonds. The highest BCUT2D eigenvalue weighted by Gasteiger charge is 2.33. The molecule has 118 valence electrons. The molecule has 0 aromatic rings. The summed E-state index contributed by atoms with van der Waals surface area (Å²) in [6, 6.07) is 0. The Morgan fingerprint density at radius 2 is 1.45 bits per heavy atom. The van der Waals surface area contributed by atoms with Crippen LogP contribution in [-0.2, 0) is 0 Å². The fraction of sp³-hybridized carbons (Fsp3) is 1.00. The van der Waals surface area contributed by atoms with Gasteiger partial charge in [-0.05, 0) is 18.8 Å². The molecule has 0 bridgehead atoms. The van der Waals surface area contributed by atoms with Crippen LogP contribution in [0.1, 0.15) is 52.4 Å². The van der Waals surface area contributed by atoms with Crippen molar-refractivity contribution >= 4 is 0 Å². The van der Waals surface area contributed by atoms with Gasteiger partial charge < -0.3 is 14.9 Å². The third kappa shape index (κ3) is 4.71. The second-order valence-electron chi connectivity index (χ2n) is 7.54. The first-order chi connectivity index (χ1) is 9.63. The largest absolute Gasteiger partial charge is 0.396 e. The molecule has 3 heteroatoms. The molecular weight excluding hydrogens is 248 g/mol. The van der Waals surface area contributed by atoms with Crippen LogP contribution < -0.4 is 0 Å². The van der Waals surface area contributed by atoms with Crippen LogP contribution in [0.15, 0.2) is 0 Å². The van der Waals surface area contributed by atoms with E-state index >= 15 is 0 Å². The summed E-state index contributed by atoms with van der Waals surface area (Å²) in [4.78, 5) is 5.21. The quantitative estimate of drug-likeness (QED) is 0.785. The van der Waals surface area contributed by atoms with Crippen LogP contribution in [0.5, 0.6) is 0 Å². The summed E-state index contributed by atoms with van der Waals surface area (Å²) in [5.74, 6) is 0.771. The lowest BCUT2D eigenvalue weighted by atomic mass is 9.80. The Bertz CT molecular complexity index is 264. The first kappa shape index (κ1) is 16.3. The van der Waals surface area contributed by atoms with Gasteiger partial charge in [0, 0.05) is 51.3 Å². The van der Waals surface area contributed by atoms with Gasteiger partial charge in [-0.15, -0.1) is 0 Å². The second-order valence-corrected chi connectivity index (χ2v) is 7.54. The lowest BCUT2D eigenvalue weighted by Gasteiger charge is -2.41. The summed E-state index contributed by atoms with van der Waals surface area (Å²) in [6.45, 7) is 12.1. The fourth-order valence-electron chi connectivity index (χ4n) is 3.97. The van der Waals surface area contributed by atoms with Crippen molar-refractivity contribution in [1.29, 1.82) is 0 Å². The van der Waals surface area contributed by atoms with Gasteiger partial charge in [-0.2, -0.15) is 0 Å². The Labute approximate surface area is 125 Å². The van der Waals surface area contributed by atoms with Crippen molar-refractivity contribution in [3.8, 4) is 0 Å². The summed E-state index contributed by atoms with van der Waals surface area (Å²) in [6.07, 6.45) is 7.82. The van der Waals surface area contributed by atoms with Crippen molar-refractivity contribution in [2.45, 2.75) is 52.4 Å². The molecular formula is C17H34N2O. The van der Waals surface area contributed by atoms with Crippen molar-refractivity contribution in [2.75, 3.05) is 45.9 Å². The molecule has 0 unspecified atom stereocenters. The lowest BCUT2D eigenvalue weighted by molar-refractivity contribution is 0.0339. The maximum absolute atomic E-state index is 9.93. The zero-order valence-corrected chi connectivity index (χ0v) is 13.6. The zero-order chi connectivity index (χ0) is 14.4. The summed E-state index contributed by atoms with van der Waals surface area (Å²) in [5, 5.41) is 9.93. The van der Waals surface area contributed by atoms with Gasteiger partial charge in [0.1, 0.15) is 0 Å². The van der Waals surface area contributed by atoms with Crippen LogP contribution in [0.25, 0.3) is 0 Å². The molecule has 0 radical (unpaired) electrons. The highest BCUT2D eigenvalue weighted by Crippen LogP contribution is 2.35. The molecule has 3 nitrogen and oxygen atoms in total. The minimum atomic E-state index is 0.205. The van der Waals surface area contributed by atoms with E-state index in [1.807, 2.05) is 0 Å². The number of hydrogen-bond acceptors (Lipinski definition) is 3. The molecule has 1 aliphatic carbocycles. The van der Waals surface area contributed by atoms with E-state index in [1.165, 1.54) is 71.2 Å². The lowest BCUT2D eigenvalue weighted by Crippen LogP contribution is -2.51. The van der Waals surface area contributed by atoms with E-state index in [-0.39, 0.29) is 5.41 Å². The molecule has 2 rings (SSSR count). The van der Waals surface area contributed by atoms with Gasteiger partial charge in [-0.25, -0.2) is 0 Å². The van der Waals surface area contributed by atoms with Crippen LogP contribution in [-0.4, -0.2) is 60.8 Å². The topological polar surface area (TPSA) is 26.7 Å². The monoisotopic (exact) mass is 282 g/mol. The molecule has 1 aliphatic heterocycles. The number of hydrogen-bond donors (Lipinski definition) is 1. The highest BCUT2D eigenvalue weighted by molar-refractivity contribution is 4.86. The van der Waals surface area contributed by atoms with Crippen LogP contribution >= 0.6 is 0 Å². The van der Waals surface area contributed by atoms with Crippen molar-refractivity contribution in [3.05, 3.63) is 0 Å². The number of piperazine rings is 1. The summed E-state index contributed by atoms with van der Waals surface area (Å²) >= 11 is 0. The predicted octanol–water partition coefficient (Wildman–Crippen LogP) is 2.59. The fourth-order valence-corrected chi connectivity index (χ4v) is 3.97. The molecule has 0 aromatic carbocycles. The van der Waals surface area contributed by atoms with Gasteiger partial charge in [0.25, 0.3) is 0 Å². The smallest absolute Gasteiger partial charge is 0.0499 e. The molecule has 1 saturated carbocycles. The first-order valence-corrected chi connectivity index (χ1v) is 8.69. The summed E-state index contributed by atoms with van der Waals surface area (Å²) < 4.78 is 0. The number of aliphatic hydroxyl groups is 1. The molecule has 0 atom stereocenters. The SMILES string of the molecule is CC(C)CN1CCN(CC2(CO)CCCCCC2)CC1. The molecule has 0 spiro atoms. The van der Waals surface area contributed by atoms with Crippen molar-refractivity contribution < 1.29 is 5.11 Å². The maximum atomic E-state index is 9.93. The van der Waals surface area contributed by atoms with Gasteiger partial charge in [0.15, 0.2) is 0 Å². The zero-order valence-electron chi connectivity index (χ0n) is 13.6. The van der Waals surface area contributed by atoms with Crippen LogP contribution in [0, 0.1) is 11.3 Å². The highest BCUT2D eigenvalue weighted by atomic mass is 16.3. The Morgan fingerprint density at radius 3 is 1.95 bits per heavy atom. The van der Waals surface area contributed by atoms with Crippen LogP contribution in [0.3, 0.4) is 0 Å². The van der Waals surface area contributed by atoms with Crippen LogP contribution in [0.2, 0.25) is 0 Å². The molecule has 0 aromatic heterocycles. The Morgan fingerprint density at radius 1 is 0.900 bits per heavy atom. The molecule has 2 fully saturated rings. The standard InChI is InChI=1S/C17H34N2O/c1-16(2)13-18-9-11-19(12-10-18)14-17(15-20)7-5-3-4-6-8-17/h16,20H,3-15H2,1-2H3. The Kier molecular flexibility index (Phi) is 6.31. The van der Waals surface area contributed by atoms with Crippen molar-refractivity contribution in [1.82, 2.24) is 9.80 Å². The third-order valence-corrected chi connectivity index (χ3v) is 5.15. The third-order valence-electron chi connectivity index (χ3n) is 5.15. The van der Waals surface area contributed by atoms with E-state index in [4.69, 9.17) is 0 Å². The van der Waals surface area contributed by atoms with E-state index in [2.05, 4.69) is 23.6 Å². The van der Waals surface area contributed by atoms with Crippen molar-refractivity contribution in [3.63, 3.8) is 0 Å². The van der Waals surface area contributed by atoms with Gasteiger partial charge in [0.05, 0.1) is 0 Å². The van der Waals surface area contributed by atoms with E-state index in [9.17, 15) is 5.11 Å². The minimum absolute atomic E-state index is 0.205. The second kappa shape index (κ2) is 7.77. The molecule has 1 saturated heterocycles. The molecule has 1 heterocycles. The summed E-state index contributed by atoms with van der Waals surface area (Å²) in [5.41, 5.74) is 0.205. The van der Waals surface area contributed by atoms with Gasteiger partial charge in [-0.1, -0.05) is 39.5 Å². The Hall–Kier alpha value is -0.120. The average molecular weight is 282 g/mol. The number of rotatable bonds is 5. The number of nitrogens with zero attached hydrogens (tertiary/aromatic N) is 2. The Balaban J connectivity index is 1.80. The van der Waals surface area contributed by atoms with Crippen LogP contribution in [0.4, 0.5) is 0 Å². The molecule has 20 heavy (non-hydrogen) atoms. The van der Waals surface area contributed by atoms with Gasteiger partial charge in [0.2, 0.25) is 0 Å². The molecule has 1 N–H and O–H groups in total. The van der Waals surface area contributed by atoms with E-state index < -0.39 is 0 Å². The van der Waals surface area contributed by atoms with Gasteiger partial charge >= 0.3 is 0 Å². The summed E-state index contributed by atoms with van der Waals surface area (Å²) in [7, 11) is 0. The predicted molar refractivity (Wildman–Crippen MR) is 84.9 cm³/mol. The van der Waals surface area contributed by atoms with E-state index in [0.29, 0.717) is 6.61 Å². The normalized spacial score (nSPS) is 25.8. The molecule has 2 aliphatic rings. The van der Waals surface area contributed by atoms with Gasteiger partial charge in [-0.3, -0.25) is 0 Å². The number of aliphatic hydroxyl groups excluding tert-OH is 1. The minimum Gasteiger partial charge on any atom is -0.396 e. The van der Waals surface area contributed by atoms with Crippen molar-refractivity contribution in [2.24, 2.45) is 11.3 Å². The van der Waals surface area contributed by atoms with E-state index in [0.717, 1.165) is 12.5 Å². The average Bonchev–Trinajstić information content (AvgIpc) is 2.67. The van der Waals surface area contributed by atoms with E-state index in [1.54, 1.807) is 0 Å².